The fraction of sp³-hybridized carbons (Fsp3) is 0.625. The average Bonchev–Trinajstić information content (AvgIpc) is 2.75. The molecule has 1 aromatic rings. The van der Waals surface area contributed by atoms with Crippen LogP contribution in [-0.4, -0.2) is 38.8 Å². The third kappa shape index (κ3) is 1.90. The number of nitrogens with zero attached hydrogens (tertiary/aromatic N) is 3. The van der Waals surface area contributed by atoms with Gasteiger partial charge in [-0.3, -0.25) is 0 Å². The number of hydrogen-bond acceptors (Lipinski definition) is 4. The molecule has 0 radical (unpaired) electrons. The van der Waals surface area contributed by atoms with Gasteiger partial charge in [-0.05, 0) is 12.8 Å². The molecule has 1 atom stereocenters. The summed E-state index contributed by atoms with van der Waals surface area (Å²) in [6, 6.07) is 0. The van der Waals surface area contributed by atoms with E-state index in [1.807, 2.05) is 0 Å². The van der Waals surface area contributed by atoms with Gasteiger partial charge >= 0.3 is 5.97 Å². The molecule has 0 amide bonds. The molecule has 2 rings (SSSR count). The molecule has 76 valence electrons. The molecule has 1 aliphatic rings. The highest BCUT2D eigenvalue weighted by Gasteiger charge is 2.17. The summed E-state index contributed by atoms with van der Waals surface area (Å²) >= 11 is 0. The lowest BCUT2D eigenvalue weighted by Gasteiger charge is -2.07. The fourth-order valence-corrected chi connectivity index (χ4v) is 1.48. The zero-order valence-electron chi connectivity index (χ0n) is 7.59. The maximum atomic E-state index is 10.5. The van der Waals surface area contributed by atoms with Gasteiger partial charge in [0.2, 0.25) is 0 Å². The Balaban J connectivity index is 1.98. The highest BCUT2D eigenvalue weighted by molar-refractivity contribution is 5.84. The van der Waals surface area contributed by atoms with Crippen LogP contribution in [0.5, 0.6) is 0 Å². The van der Waals surface area contributed by atoms with Gasteiger partial charge in [-0.2, -0.15) is 0 Å². The first-order valence-electron chi connectivity index (χ1n) is 4.51. The van der Waals surface area contributed by atoms with Gasteiger partial charge in [0.1, 0.15) is 0 Å². The third-order valence-corrected chi connectivity index (χ3v) is 2.17. The molecule has 0 aliphatic carbocycles. The Morgan fingerprint density at radius 3 is 3.21 bits per heavy atom. The zero-order valence-corrected chi connectivity index (χ0v) is 7.59. The van der Waals surface area contributed by atoms with Gasteiger partial charge in [0.25, 0.3) is 0 Å². The summed E-state index contributed by atoms with van der Waals surface area (Å²) < 4.78 is 6.90. The molecular formula is C8H11N3O3. The van der Waals surface area contributed by atoms with Crippen molar-refractivity contribution in [3.8, 4) is 0 Å². The number of carboxylic acids is 1. The monoisotopic (exact) mass is 197 g/mol. The summed E-state index contributed by atoms with van der Waals surface area (Å²) in [7, 11) is 0. The molecule has 0 bridgehead atoms. The minimum atomic E-state index is -1.05. The first-order valence-corrected chi connectivity index (χ1v) is 4.51. The van der Waals surface area contributed by atoms with E-state index in [0.29, 0.717) is 6.54 Å². The maximum absolute atomic E-state index is 10.5. The van der Waals surface area contributed by atoms with Crippen LogP contribution in [0.15, 0.2) is 6.20 Å². The molecule has 1 unspecified atom stereocenters. The third-order valence-electron chi connectivity index (χ3n) is 2.17. The Morgan fingerprint density at radius 2 is 2.64 bits per heavy atom. The summed E-state index contributed by atoms with van der Waals surface area (Å²) in [4.78, 5) is 10.5. The first kappa shape index (κ1) is 9.14. The van der Waals surface area contributed by atoms with Gasteiger partial charge in [-0.15, -0.1) is 5.10 Å². The molecule has 1 fully saturated rings. The normalized spacial score (nSPS) is 21.3. The molecule has 0 aromatic carbocycles. The van der Waals surface area contributed by atoms with Crippen LogP contribution in [0, 0.1) is 0 Å². The van der Waals surface area contributed by atoms with Gasteiger partial charge < -0.3 is 9.84 Å². The zero-order chi connectivity index (χ0) is 9.97. The number of aromatic nitrogens is 3. The van der Waals surface area contributed by atoms with E-state index in [1.54, 1.807) is 0 Å². The number of carbonyl (C=O) groups is 1. The van der Waals surface area contributed by atoms with Crippen LogP contribution in [-0.2, 0) is 11.3 Å². The molecule has 0 saturated carbocycles. The Kier molecular flexibility index (Phi) is 2.45. The predicted molar refractivity (Wildman–Crippen MR) is 46.0 cm³/mol. The maximum Gasteiger partial charge on any atom is 0.358 e. The van der Waals surface area contributed by atoms with Crippen molar-refractivity contribution in [2.24, 2.45) is 0 Å². The van der Waals surface area contributed by atoms with Crippen LogP contribution in [0.25, 0.3) is 0 Å². The Hall–Kier alpha value is -1.43. The van der Waals surface area contributed by atoms with E-state index >= 15 is 0 Å². The van der Waals surface area contributed by atoms with E-state index in [-0.39, 0.29) is 11.8 Å². The Morgan fingerprint density at radius 1 is 1.79 bits per heavy atom. The molecule has 1 aromatic heterocycles. The molecular weight excluding hydrogens is 186 g/mol. The van der Waals surface area contributed by atoms with E-state index in [1.165, 1.54) is 10.9 Å². The van der Waals surface area contributed by atoms with Crippen molar-refractivity contribution in [2.45, 2.75) is 25.5 Å². The highest BCUT2D eigenvalue weighted by atomic mass is 16.5. The number of ether oxygens (including phenoxy) is 1. The molecule has 1 N–H and O–H groups in total. The second-order valence-electron chi connectivity index (χ2n) is 3.27. The standard InChI is InChI=1S/C8H11N3O3/c12-8(13)7-5-11(10-9-7)4-6-2-1-3-14-6/h5-6H,1-4H2,(H,12,13). The van der Waals surface area contributed by atoms with Crippen molar-refractivity contribution in [3.05, 3.63) is 11.9 Å². The molecule has 6 nitrogen and oxygen atoms in total. The fourth-order valence-electron chi connectivity index (χ4n) is 1.48. The van der Waals surface area contributed by atoms with Crippen LogP contribution in [0.4, 0.5) is 0 Å². The number of hydrogen-bond donors (Lipinski definition) is 1. The number of aromatic carboxylic acids is 1. The lowest BCUT2D eigenvalue weighted by atomic mass is 10.2. The van der Waals surface area contributed by atoms with Gasteiger partial charge in [-0.25, -0.2) is 9.48 Å². The lowest BCUT2D eigenvalue weighted by molar-refractivity contribution is 0.0690. The molecule has 1 saturated heterocycles. The first-order chi connectivity index (χ1) is 6.75. The second kappa shape index (κ2) is 3.75. The van der Waals surface area contributed by atoms with Crippen molar-refractivity contribution in [2.75, 3.05) is 6.61 Å². The van der Waals surface area contributed by atoms with Gasteiger partial charge in [-0.1, -0.05) is 5.21 Å². The van der Waals surface area contributed by atoms with Crippen molar-refractivity contribution in [3.63, 3.8) is 0 Å². The Bertz CT molecular complexity index is 330. The predicted octanol–water partition coefficient (Wildman–Crippen LogP) is 0.155. The van der Waals surface area contributed by atoms with Crippen LogP contribution < -0.4 is 0 Å². The SMILES string of the molecule is O=C(O)c1cn(CC2CCCO2)nn1. The number of carboxylic acid groups (broad SMARTS) is 1. The average molecular weight is 197 g/mol. The van der Waals surface area contributed by atoms with Gasteiger partial charge in [0.15, 0.2) is 5.69 Å². The summed E-state index contributed by atoms with van der Waals surface area (Å²) in [5.74, 6) is -1.05. The molecule has 14 heavy (non-hydrogen) atoms. The topological polar surface area (TPSA) is 77.2 Å². The van der Waals surface area contributed by atoms with E-state index in [4.69, 9.17) is 9.84 Å². The van der Waals surface area contributed by atoms with Crippen molar-refractivity contribution in [1.29, 1.82) is 0 Å². The highest BCUT2D eigenvalue weighted by Crippen LogP contribution is 2.13. The van der Waals surface area contributed by atoms with Gasteiger partial charge in [0.05, 0.1) is 18.8 Å². The van der Waals surface area contributed by atoms with Gasteiger partial charge in [0, 0.05) is 6.61 Å². The quantitative estimate of drug-likeness (QED) is 0.746. The van der Waals surface area contributed by atoms with E-state index in [0.717, 1.165) is 19.4 Å². The van der Waals surface area contributed by atoms with Crippen molar-refractivity contribution >= 4 is 5.97 Å². The summed E-state index contributed by atoms with van der Waals surface area (Å²) in [6.45, 7) is 1.37. The summed E-state index contributed by atoms with van der Waals surface area (Å²) in [5.41, 5.74) is -0.0250. The molecule has 0 spiro atoms. The smallest absolute Gasteiger partial charge is 0.358 e. The van der Waals surface area contributed by atoms with E-state index < -0.39 is 5.97 Å². The van der Waals surface area contributed by atoms with Crippen LogP contribution in [0.2, 0.25) is 0 Å². The Labute approximate surface area is 80.5 Å². The lowest BCUT2D eigenvalue weighted by Crippen LogP contribution is -2.15. The van der Waals surface area contributed by atoms with Crippen molar-refractivity contribution in [1.82, 2.24) is 15.0 Å². The van der Waals surface area contributed by atoms with Crippen LogP contribution in [0.3, 0.4) is 0 Å². The second-order valence-corrected chi connectivity index (χ2v) is 3.27. The van der Waals surface area contributed by atoms with Crippen molar-refractivity contribution < 1.29 is 14.6 Å². The molecule has 2 heterocycles. The van der Waals surface area contributed by atoms with E-state index in [2.05, 4.69) is 10.3 Å². The molecule has 6 heteroatoms. The van der Waals surface area contributed by atoms with Crippen LogP contribution in [0.1, 0.15) is 23.3 Å². The largest absolute Gasteiger partial charge is 0.476 e. The number of rotatable bonds is 3. The molecule has 1 aliphatic heterocycles. The minimum Gasteiger partial charge on any atom is -0.476 e. The van der Waals surface area contributed by atoms with E-state index in [9.17, 15) is 4.79 Å². The minimum absolute atomic E-state index is 0.0250. The van der Waals surface area contributed by atoms with Crippen LogP contribution >= 0.6 is 0 Å². The summed E-state index contributed by atoms with van der Waals surface area (Å²) in [6.07, 6.45) is 3.63. The summed E-state index contributed by atoms with van der Waals surface area (Å²) in [5, 5.41) is 15.8.